The van der Waals surface area contributed by atoms with E-state index >= 15 is 0 Å². The number of hydrogen-bond donors (Lipinski definition) is 1. The Morgan fingerprint density at radius 3 is 2.59 bits per heavy atom. The number of rotatable bonds is 5. The zero-order chi connectivity index (χ0) is 20.4. The Hall–Kier alpha value is -3.18. The minimum absolute atomic E-state index is 0.272. The van der Waals surface area contributed by atoms with E-state index < -0.39 is 5.97 Å². The molecule has 0 bridgehead atoms. The van der Waals surface area contributed by atoms with Gasteiger partial charge in [-0.15, -0.1) is 0 Å². The first-order valence-corrected chi connectivity index (χ1v) is 10.0. The first-order valence-electron chi connectivity index (χ1n) is 10.0. The van der Waals surface area contributed by atoms with E-state index in [2.05, 4.69) is 13.0 Å². The monoisotopic (exact) mass is 388 g/mol. The molecule has 148 valence electrons. The van der Waals surface area contributed by atoms with Crippen LogP contribution in [0.3, 0.4) is 0 Å². The molecule has 0 saturated carbocycles. The summed E-state index contributed by atoms with van der Waals surface area (Å²) in [5.74, 6) is -0.305. The highest BCUT2D eigenvalue weighted by molar-refractivity contribution is 6.05. The second-order valence-electron chi connectivity index (χ2n) is 7.25. The van der Waals surface area contributed by atoms with E-state index in [1.54, 1.807) is 0 Å². The zero-order valence-corrected chi connectivity index (χ0v) is 16.7. The lowest BCUT2D eigenvalue weighted by molar-refractivity contribution is -0.905. The molecule has 1 aliphatic heterocycles. The summed E-state index contributed by atoms with van der Waals surface area (Å²) in [5, 5.41) is 12.7. The van der Waals surface area contributed by atoms with Gasteiger partial charge in [-0.1, -0.05) is 30.3 Å². The van der Waals surface area contributed by atoms with Gasteiger partial charge in [0, 0.05) is 22.1 Å². The summed E-state index contributed by atoms with van der Waals surface area (Å²) < 4.78 is 5.52. The average molecular weight is 388 g/mol. The lowest BCUT2D eigenvalue weighted by Crippen LogP contribution is -3.11. The number of fused-ring (bicyclic) bond motifs is 2. The van der Waals surface area contributed by atoms with Gasteiger partial charge in [-0.3, -0.25) is 0 Å². The fourth-order valence-electron chi connectivity index (χ4n) is 3.99. The molecule has 4 rings (SSSR count). The Morgan fingerprint density at radius 1 is 1.14 bits per heavy atom. The van der Waals surface area contributed by atoms with Gasteiger partial charge in [0.05, 0.1) is 30.3 Å². The molecule has 3 aromatic rings. The molecule has 1 N–H and O–H groups in total. The normalized spacial score (nSPS) is 17.3. The number of benzene rings is 2. The molecule has 5 heteroatoms. The largest absolute Gasteiger partial charge is 0.545 e. The lowest BCUT2D eigenvalue weighted by atomic mass is 9.92. The van der Waals surface area contributed by atoms with Gasteiger partial charge in [-0.2, -0.15) is 0 Å². The van der Waals surface area contributed by atoms with Crippen molar-refractivity contribution in [3.63, 3.8) is 0 Å². The minimum atomic E-state index is -1.14. The number of nitrogens with one attached hydrogen (secondary N) is 1. The molecule has 29 heavy (non-hydrogen) atoms. The second kappa shape index (κ2) is 8.05. The number of quaternary nitrogens is 1. The highest BCUT2D eigenvalue weighted by atomic mass is 16.5. The van der Waals surface area contributed by atoms with Crippen LogP contribution in [0, 0.1) is 0 Å². The van der Waals surface area contributed by atoms with Crippen LogP contribution in [0.4, 0.5) is 0 Å². The van der Waals surface area contributed by atoms with Gasteiger partial charge < -0.3 is 19.5 Å². The number of carbonyl (C=O) groups excluding carboxylic acids is 1. The predicted molar refractivity (Wildman–Crippen MR) is 112 cm³/mol. The molecule has 1 atom stereocenters. The molecule has 5 nitrogen and oxygen atoms in total. The van der Waals surface area contributed by atoms with Crippen molar-refractivity contribution in [2.24, 2.45) is 0 Å². The Balaban J connectivity index is 1.88. The SMILES string of the molecule is CCOc1ccc(/C=C2\C[NH+](CC)Cc3c2nc2ccccc2c3C(=O)[O-])cc1. The van der Waals surface area contributed by atoms with Crippen LogP contribution in [0.15, 0.2) is 48.5 Å². The number of carboxylic acids is 1. The maximum atomic E-state index is 12.1. The van der Waals surface area contributed by atoms with Crippen molar-refractivity contribution in [1.29, 1.82) is 0 Å². The quantitative estimate of drug-likeness (QED) is 0.726. The van der Waals surface area contributed by atoms with Crippen molar-refractivity contribution in [2.45, 2.75) is 20.4 Å². The number of aromatic carboxylic acids is 1. The Bertz CT molecular complexity index is 1090. The first-order chi connectivity index (χ1) is 14.1. The topological polar surface area (TPSA) is 66.7 Å². The van der Waals surface area contributed by atoms with Gasteiger partial charge in [0.25, 0.3) is 0 Å². The van der Waals surface area contributed by atoms with Crippen LogP contribution in [-0.4, -0.2) is 30.6 Å². The fourth-order valence-corrected chi connectivity index (χ4v) is 3.99. The van der Waals surface area contributed by atoms with E-state index in [1.807, 2.05) is 55.5 Å². The molecule has 0 fully saturated rings. The Morgan fingerprint density at radius 2 is 1.90 bits per heavy atom. The number of carboxylic acid groups (broad SMARTS) is 1. The molecule has 0 saturated heterocycles. The zero-order valence-electron chi connectivity index (χ0n) is 16.7. The van der Waals surface area contributed by atoms with Crippen LogP contribution in [0.5, 0.6) is 5.75 Å². The number of likely N-dealkylation sites (N-methyl/N-ethyl adjacent to an activating group) is 1. The Labute approximate surface area is 170 Å². The van der Waals surface area contributed by atoms with E-state index in [0.29, 0.717) is 24.1 Å². The number of para-hydroxylation sites is 1. The van der Waals surface area contributed by atoms with Crippen LogP contribution in [0.2, 0.25) is 0 Å². The van der Waals surface area contributed by atoms with Crippen LogP contribution < -0.4 is 14.7 Å². The maximum absolute atomic E-state index is 12.1. The number of carbonyl (C=O) groups is 1. The molecule has 0 amide bonds. The maximum Gasteiger partial charge on any atom is 0.119 e. The third-order valence-electron chi connectivity index (χ3n) is 5.40. The van der Waals surface area contributed by atoms with Crippen molar-refractivity contribution < 1.29 is 19.5 Å². The summed E-state index contributed by atoms with van der Waals surface area (Å²) in [6.45, 7) is 7.04. The van der Waals surface area contributed by atoms with Crippen LogP contribution in [0.25, 0.3) is 22.6 Å². The smallest absolute Gasteiger partial charge is 0.119 e. The van der Waals surface area contributed by atoms with Gasteiger partial charge in [0.2, 0.25) is 0 Å². The molecule has 2 heterocycles. The number of aromatic nitrogens is 1. The number of ether oxygens (including phenoxy) is 1. The van der Waals surface area contributed by atoms with Crippen molar-refractivity contribution in [1.82, 2.24) is 4.98 Å². The molecule has 0 radical (unpaired) electrons. The summed E-state index contributed by atoms with van der Waals surface area (Å²) in [5.41, 5.74) is 4.58. The van der Waals surface area contributed by atoms with Crippen LogP contribution in [-0.2, 0) is 6.54 Å². The van der Waals surface area contributed by atoms with Crippen LogP contribution in [0.1, 0.15) is 41.0 Å². The van der Waals surface area contributed by atoms with Crippen LogP contribution >= 0.6 is 0 Å². The van der Waals surface area contributed by atoms with Crippen molar-refractivity contribution in [2.75, 3.05) is 19.7 Å². The number of hydrogen-bond acceptors (Lipinski definition) is 4. The first kappa shape index (κ1) is 19.2. The molecular formula is C24H24N2O3. The summed E-state index contributed by atoms with van der Waals surface area (Å²) in [6, 6.07) is 15.3. The standard InChI is InChI=1S/C24H24N2O3/c1-3-26-14-17(13-16-9-11-18(12-10-16)29-4-2)23-20(15-26)22(24(27)28)19-7-5-6-8-21(19)25-23/h5-13H,3-4,14-15H2,1-2H3,(H,27,28)/b17-13+. The third-order valence-corrected chi connectivity index (χ3v) is 5.40. The highest BCUT2D eigenvalue weighted by Crippen LogP contribution is 2.30. The molecular weight excluding hydrogens is 364 g/mol. The molecule has 0 spiro atoms. The lowest BCUT2D eigenvalue weighted by Gasteiger charge is -2.29. The highest BCUT2D eigenvalue weighted by Gasteiger charge is 2.28. The van der Waals surface area contributed by atoms with Gasteiger partial charge >= 0.3 is 0 Å². The number of nitrogens with zero attached hydrogens (tertiary/aromatic N) is 1. The van der Waals surface area contributed by atoms with E-state index in [9.17, 15) is 9.90 Å². The predicted octanol–water partition coefficient (Wildman–Crippen LogP) is 1.96. The summed E-state index contributed by atoms with van der Waals surface area (Å²) in [4.78, 5) is 18.2. The third kappa shape index (κ3) is 3.74. The molecule has 1 unspecified atom stereocenters. The summed E-state index contributed by atoms with van der Waals surface area (Å²) >= 11 is 0. The fraction of sp³-hybridized carbons (Fsp3) is 0.250. The van der Waals surface area contributed by atoms with Gasteiger partial charge in [-0.25, -0.2) is 4.98 Å². The minimum Gasteiger partial charge on any atom is -0.545 e. The molecule has 1 aliphatic rings. The Kier molecular flexibility index (Phi) is 5.32. The second-order valence-corrected chi connectivity index (χ2v) is 7.25. The van der Waals surface area contributed by atoms with Crippen molar-refractivity contribution >= 4 is 28.5 Å². The summed E-state index contributed by atoms with van der Waals surface area (Å²) in [7, 11) is 0. The molecule has 2 aromatic carbocycles. The molecule has 0 aliphatic carbocycles. The van der Waals surface area contributed by atoms with Gasteiger partial charge in [-0.05, 0) is 43.7 Å². The van der Waals surface area contributed by atoms with E-state index in [1.165, 1.54) is 4.90 Å². The van der Waals surface area contributed by atoms with Gasteiger partial charge in [0.15, 0.2) is 0 Å². The van der Waals surface area contributed by atoms with E-state index in [-0.39, 0.29) is 5.56 Å². The molecule has 1 aromatic heterocycles. The van der Waals surface area contributed by atoms with E-state index in [0.717, 1.165) is 41.2 Å². The van der Waals surface area contributed by atoms with Crippen molar-refractivity contribution in [3.05, 3.63) is 70.9 Å². The van der Waals surface area contributed by atoms with Crippen molar-refractivity contribution in [3.8, 4) is 5.75 Å². The summed E-state index contributed by atoms with van der Waals surface area (Å²) in [6.07, 6.45) is 2.10. The van der Waals surface area contributed by atoms with E-state index in [4.69, 9.17) is 9.72 Å². The average Bonchev–Trinajstić information content (AvgIpc) is 2.73. The van der Waals surface area contributed by atoms with Gasteiger partial charge in [0.1, 0.15) is 18.8 Å². The number of pyridine rings is 1.